The summed E-state index contributed by atoms with van der Waals surface area (Å²) in [7, 11) is 4.06. The third kappa shape index (κ3) is 7.10. The van der Waals surface area contributed by atoms with Crippen molar-refractivity contribution in [3.8, 4) is 11.1 Å². The third-order valence-electron chi connectivity index (χ3n) is 7.08. The van der Waals surface area contributed by atoms with Gasteiger partial charge in [0.05, 0.1) is 6.54 Å². The van der Waals surface area contributed by atoms with E-state index in [0.29, 0.717) is 6.54 Å². The molecule has 5 nitrogen and oxygen atoms in total. The summed E-state index contributed by atoms with van der Waals surface area (Å²) in [6.07, 6.45) is 9.11. The van der Waals surface area contributed by atoms with Crippen LogP contribution in [0, 0.1) is 5.92 Å². The van der Waals surface area contributed by atoms with E-state index < -0.39 is 5.97 Å². The van der Waals surface area contributed by atoms with Gasteiger partial charge in [0, 0.05) is 37.5 Å². The number of carbonyl (C=O) groups is 2. The number of amides is 1. The first-order valence-corrected chi connectivity index (χ1v) is 13.1. The number of hydrogen-bond acceptors (Lipinski definition) is 3. The molecule has 1 aliphatic rings. The van der Waals surface area contributed by atoms with Crippen LogP contribution in [0.2, 0.25) is 0 Å². The molecule has 0 radical (unpaired) electrons. The van der Waals surface area contributed by atoms with Gasteiger partial charge < -0.3 is 14.9 Å². The number of benzene rings is 3. The number of aliphatic carboxylic acids is 1. The highest BCUT2D eigenvalue weighted by atomic mass is 16.4. The van der Waals surface area contributed by atoms with Crippen LogP contribution in [-0.2, 0) is 16.1 Å². The summed E-state index contributed by atoms with van der Waals surface area (Å²) >= 11 is 0. The first kappa shape index (κ1) is 26.2. The highest BCUT2D eigenvalue weighted by Gasteiger charge is 2.26. The second kappa shape index (κ2) is 12.4. The minimum Gasteiger partial charge on any atom is -0.478 e. The van der Waals surface area contributed by atoms with Crippen molar-refractivity contribution in [2.75, 3.05) is 23.9 Å². The van der Waals surface area contributed by atoms with Crippen LogP contribution in [-0.4, -0.2) is 31.1 Å². The molecule has 0 aliphatic heterocycles. The standard InChI is InChI=1S/C32H36N2O3/c1-33(2)29-19-17-27(18-20-29)26-15-12-25(13-16-26)23-34(32(37)28-9-5-3-4-6-10-28)30-11-7-8-24(22-30)14-21-31(35)36/h7-8,11-22,28H,3-6,9-10,23H2,1-2H3,(H,35,36). The number of hydrogen-bond donors (Lipinski definition) is 1. The first-order valence-electron chi connectivity index (χ1n) is 13.1. The van der Waals surface area contributed by atoms with Gasteiger partial charge in [0.1, 0.15) is 0 Å². The zero-order valence-corrected chi connectivity index (χ0v) is 21.8. The van der Waals surface area contributed by atoms with Gasteiger partial charge in [0.2, 0.25) is 5.91 Å². The Morgan fingerprint density at radius 1 is 0.838 bits per heavy atom. The van der Waals surface area contributed by atoms with Gasteiger partial charge in [0.15, 0.2) is 0 Å². The lowest BCUT2D eigenvalue weighted by atomic mass is 9.97. The molecule has 0 atom stereocenters. The van der Waals surface area contributed by atoms with E-state index in [1.165, 1.54) is 12.8 Å². The fourth-order valence-electron chi connectivity index (χ4n) is 4.94. The monoisotopic (exact) mass is 496 g/mol. The number of nitrogens with zero attached hydrogens (tertiary/aromatic N) is 2. The predicted octanol–water partition coefficient (Wildman–Crippen LogP) is 7.02. The highest BCUT2D eigenvalue weighted by Crippen LogP contribution is 2.29. The Balaban J connectivity index is 1.59. The Morgan fingerprint density at radius 3 is 2.05 bits per heavy atom. The van der Waals surface area contributed by atoms with Gasteiger partial charge in [-0.1, -0.05) is 74.2 Å². The summed E-state index contributed by atoms with van der Waals surface area (Å²) < 4.78 is 0. The molecule has 192 valence electrons. The quantitative estimate of drug-likeness (QED) is 0.269. The van der Waals surface area contributed by atoms with E-state index in [2.05, 4.69) is 53.4 Å². The minimum atomic E-state index is -0.992. The van der Waals surface area contributed by atoms with Crippen molar-refractivity contribution >= 4 is 29.3 Å². The Hall–Kier alpha value is -3.86. The van der Waals surface area contributed by atoms with E-state index in [0.717, 1.165) is 65.4 Å². The smallest absolute Gasteiger partial charge is 0.328 e. The Morgan fingerprint density at radius 2 is 1.46 bits per heavy atom. The average molecular weight is 497 g/mol. The topological polar surface area (TPSA) is 60.9 Å². The van der Waals surface area contributed by atoms with E-state index >= 15 is 0 Å². The van der Waals surface area contributed by atoms with Crippen LogP contribution in [0.1, 0.15) is 49.7 Å². The number of anilines is 2. The van der Waals surface area contributed by atoms with Gasteiger partial charge >= 0.3 is 5.97 Å². The Kier molecular flexibility index (Phi) is 8.78. The fourth-order valence-corrected chi connectivity index (χ4v) is 4.94. The van der Waals surface area contributed by atoms with Gasteiger partial charge in [-0.3, -0.25) is 4.79 Å². The molecule has 4 rings (SSSR count). The highest BCUT2D eigenvalue weighted by molar-refractivity contribution is 5.95. The third-order valence-corrected chi connectivity index (χ3v) is 7.08. The molecule has 0 unspecified atom stereocenters. The lowest BCUT2D eigenvalue weighted by molar-refractivity contribution is -0.131. The van der Waals surface area contributed by atoms with Crippen LogP contribution in [0.15, 0.2) is 78.9 Å². The molecule has 1 amide bonds. The van der Waals surface area contributed by atoms with E-state index in [1.807, 2.05) is 43.3 Å². The van der Waals surface area contributed by atoms with Gasteiger partial charge in [0.25, 0.3) is 0 Å². The summed E-state index contributed by atoms with van der Waals surface area (Å²) in [5.74, 6) is -0.812. The molecule has 3 aromatic rings. The van der Waals surface area contributed by atoms with Crippen LogP contribution in [0.3, 0.4) is 0 Å². The molecule has 0 heterocycles. The van der Waals surface area contributed by atoms with Crippen molar-refractivity contribution in [3.05, 3.63) is 90.0 Å². The largest absolute Gasteiger partial charge is 0.478 e. The number of carbonyl (C=O) groups excluding carboxylic acids is 1. The van der Waals surface area contributed by atoms with E-state index in [4.69, 9.17) is 5.11 Å². The minimum absolute atomic E-state index is 0.0233. The molecule has 0 aromatic heterocycles. The molecule has 1 fully saturated rings. The zero-order valence-electron chi connectivity index (χ0n) is 21.8. The lowest BCUT2D eigenvalue weighted by Gasteiger charge is -2.28. The normalized spacial score (nSPS) is 14.3. The number of rotatable bonds is 8. The van der Waals surface area contributed by atoms with Gasteiger partial charge in [-0.2, -0.15) is 0 Å². The van der Waals surface area contributed by atoms with Gasteiger partial charge in [-0.05, 0) is 65.4 Å². The SMILES string of the molecule is CN(C)c1ccc(-c2ccc(CN(C(=O)C3CCCCCC3)c3cccc(C=CC(=O)O)c3)cc2)cc1. The summed E-state index contributed by atoms with van der Waals surface area (Å²) in [6, 6.07) is 24.5. The maximum absolute atomic E-state index is 13.8. The van der Waals surface area contributed by atoms with Crippen molar-refractivity contribution in [2.45, 2.75) is 45.1 Å². The Labute approximate surface area is 220 Å². The summed E-state index contributed by atoms with van der Waals surface area (Å²) in [5, 5.41) is 9.02. The molecular formula is C32H36N2O3. The Bertz CT molecular complexity index is 1220. The van der Waals surface area contributed by atoms with Crippen molar-refractivity contribution in [1.29, 1.82) is 0 Å². The molecule has 0 spiro atoms. The molecule has 1 saturated carbocycles. The molecular weight excluding hydrogens is 460 g/mol. The van der Waals surface area contributed by atoms with Crippen LogP contribution in [0.4, 0.5) is 11.4 Å². The van der Waals surface area contributed by atoms with Gasteiger partial charge in [-0.25, -0.2) is 4.79 Å². The van der Waals surface area contributed by atoms with E-state index in [-0.39, 0.29) is 11.8 Å². The van der Waals surface area contributed by atoms with Crippen molar-refractivity contribution in [2.24, 2.45) is 5.92 Å². The number of carboxylic acids is 1. The lowest BCUT2D eigenvalue weighted by Crippen LogP contribution is -2.35. The molecule has 0 saturated heterocycles. The van der Waals surface area contributed by atoms with Crippen LogP contribution >= 0.6 is 0 Å². The molecule has 1 N–H and O–H groups in total. The van der Waals surface area contributed by atoms with Crippen LogP contribution in [0.25, 0.3) is 17.2 Å². The van der Waals surface area contributed by atoms with E-state index in [1.54, 1.807) is 6.08 Å². The molecule has 37 heavy (non-hydrogen) atoms. The predicted molar refractivity (Wildman–Crippen MR) is 152 cm³/mol. The summed E-state index contributed by atoms with van der Waals surface area (Å²) in [4.78, 5) is 28.8. The van der Waals surface area contributed by atoms with Crippen molar-refractivity contribution in [1.82, 2.24) is 0 Å². The van der Waals surface area contributed by atoms with E-state index in [9.17, 15) is 9.59 Å². The summed E-state index contributed by atoms with van der Waals surface area (Å²) in [5.41, 5.74) is 6.06. The molecule has 0 bridgehead atoms. The summed E-state index contributed by atoms with van der Waals surface area (Å²) in [6.45, 7) is 0.473. The first-order chi connectivity index (χ1) is 17.9. The fraction of sp³-hybridized carbons (Fsp3) is 0.312. The maximum Gasteiger partial charge on any atom is 0.328 e. The molecule has 1 aliphatic carbocycles. The second-order valence-electron chi connectivity index (χ2n) is 10.0. The van der Waals surface area contributed by atoms with Crippen LogP contribution in [0.5, 0.6) is 0 Å². The average Bonchev–Trinajstić information content (AvgIpc) is 3.20. The van der Waals surface area contributed by atoms with Crippen molar-refractivity contribution in [3.63, 3.8) is 0 Å². The maximum atomic E-state index is 13.8. The van der Waals surface area contributed by atoms with Crippen molar-refractivity contribution < 1.29 is 14.7 Å². The molecule has 3 aromatic carbocycles. The number of carboxylic acid groups (broad SMARTS) is 1. The molecule has 5 heteroatoms. The van der Waals surface area contributed by atoms with Crippen LogP contribution < -0.4 is 9.80 Å². The van der Waals surface area contributed by atoms with Gasteiger partial charge in [-0.15, -0.1) is 0 Å². The second-order valence-corrected chi connectivity index (χ2v) is 10.0. The zero-order chi connectivity index (χ0) is 26.2.